The van der Waals surface area contributed by atoms with Crippen molar-refractivity contribution in [2.45, 2.75) is 13.8 Å². The fourth-order valence-electron chi connectivity index (χ4n) is 2.73. The number of nitrogens with one attached hydrogen (secondary N) is 2. The van der Waals surface area contributed by atoms with Gasteiger partial charge in [0.25, 0.3) is 5.91 Å². The summed E-state index contributed by atoms with van der Waals surface area (Å²) in [5, 5.41) is 6.84. The number of benzene rings is 1. The minimum atomic E-state index is -0.219. The third kappa shape index (κ3) is 7.29. The van der Waals surface area contributed by atoms with E-state index in [0.29, 0.717) is 41.8 Å². The van der Waals surface area contributed by atoms with E-state index in [4.69, 9.17) is 23.2 Å². The monoisotopic (exact) mass is 541 g/mol. The van der Waals surface area contributed by atoms with Crippen LogP contribution in [-0.2, 0) is 4.79 Å². The second-order valence-corrected chi connectivity index (χ2v) is 6.93. The zero-order chi connectivity index (χ0) is 19.8. The molecule has 0 radical (unpaired) electrons. The average molecular weight is 542 g/mol. The van der Waals surface area contributed by atoms with E-state index in [1.54, 1.807) is 25.1 Å². The summed E-state index contributed by atoms with van der Waals surface area (Å²) in [4.78, 5) is 32.1. The molecule has 0 atom stereocenters. The SMILES string of the molecule is CCNC(=NCCNC(=O)c1ccc(Cl)c(Cl)c1)N1CCN(C(C)=O)CC1.I. The summed E-state index contributed by atoms with van der Waals surface area (Å²) >= 11 is 11.8. The van der Waals surface area contributed by atoms with E-state index in [2.05, 4.69) is 20.5 Å². The fourth-order valence-corrected chi connectivity index (χ4v) is 3.03. The summed E-state index contributed by atoms with van der Waals surface area (Å²) in [6.07, 6.45) is 0. The van der Waals surface area contributed by atoms with Gasteiger partial charge in [0.2, 0.25) is 5.91 Å². The smallest absolute Gasteiger partial charge is 0.251 e. The van der Waals surface area contributed by atoms with Crippen LogP contribution in [0.4, 0.5) is 0 Å². The zero-order valence-electron chi connectivity index (χ0n) is 16.0. The molecule has 2 amide bonds. The van der Waals surface area contributed by atoms with Crippen molar-refractivity contribution in [1.29, 1.82) is 0 Å². The van der Waals surface area contributed by atoms with Gasteiger partial charge in [0.1, 0.15) is 0 Å². The molecule has 0 aromatic heterocycles. The molecule has 1 fully saturated rings. The number of guanidine groups is 1. The highest BCUT2D eigenvalue weighted by Gasteiger charge is 2.20. The van der Waals surface area contributed by atoms with Gasteiger partial charge in [-0.2, -0.15) is 0 Å². The Morgan fingerprint density at radius 2 is 1.71 bits per heavy atom. The molecule has 0 unspecified atom stereocenters. The highest BCUT2D eigenvalue weighted by molar-refractivity contribution is 14.0. The largest absolute Gasteiger partial charge is 0.357 e. The maximum atomic E-state index is 12.2. The van der Waals surface area contributed by atoms with Gasteiger partial charge in [-0.3, -0.25) is 14.6 Å². The molecule has 0 aliphatic carbocycles. The van der Waals surface area contributed by atoms with Crippen LogP contribution < -0.4 is 10.6 Å². The molecule has 1 aliphatic heterocycles. The van der Waals surface area contributed by atoms with Gasteiger partial charge in [0.15, 0.2) is 5.96 Å². The van der Waals surface area contributed by atoms with E-state index in [1.807, 2.05) is 11.8 Å². The molecule has 1 aromatic rings. The Bertz CT molecular complexity index is 709. The third-order valence-corrected chi connectivity index (χ3v) is 4.94. The number of rotatable bonds is 5. The molecule has 0 saturated carbocycles. The zero-order valence-corrected chi connectivity index (χ0v) is 19.8. The molecule has 2 N–H and O–H groups in total. The molecule has 7 nitrogen and oxygen atoms in total. The van der Waals surface area contributed by atoms with Crippen LogP contribution in [-0.4, -0.2) is 73.4 Å². The van der Waals surface area contributed by atoms with Gasteiger partial charge in [0, 0.05) is 51.8 Å². The maximum absolute atomic E-state index is 12.2. The summed E-state index contributed by atoms with van der Waals surface area (Å²) in [7, 11) is 0. The van der Waals surface area contributed by atoms with E-state index in [-0.39, 0.29) is 35.8 Å². The Kier molecular flexibility index (Phi) is 10.9. The first-order valence-electron chi connectivity index (χ1n) is 8.94. The van der Waals surface area contributed by atoms with Crippen molar-refractivity contribution < 1.29 is 9.59 Å². The van der Waals surface area contributed by atoms with E-state index in [0.717, 1.165) is 25.6 Å². The van der Waals surface area contributed by atoms with Gasteiger partial charge in [0.05, 0.1) is 16.6 Å². The van der Waals surface area contributed by atoms with E-state index in [9.17, 15) is 9.59 Å². The summed E-state index contributed by atoms with van der Waals surface area (Å²) in [6.45, 7) is 8.05. The minimum absolute atomic E-state index is 0. The molecule has 10 heteroatoms. The molecule has 1 aromatic carbocycles. The molecular weight excluding hydrogens is 516 g/mol. The quantitative estimate of drug-likeness (QED) is 0.260. The lowest BCUT2D eigenvalue weighted by molar-refractivity contribution is -0.130. The molecule has 0 bridgehead atoms. The van der Waals surface area contributed by atoms with Crippen LogP contribution in [0.15, 0.2) is 23.2 Å². The lowest BCUT2D eigenvalue weighted by Crippen LogP contribution is -2.53. The molecular formula is C18H26Cl2IN5O2. The third-order valence-electron chi connectivity index (χ3n) is 4.20. The van der Waals surface area contributed by atoms with Gasteiger partial charge in [-0.1, -0.05) is 23.2 Å². The highest BCUT2D eigenvalue weighted by atomic mass is 127. The Labute approximate surface area is 192 Å². The molecule has 0 spiro atoms. The Morgan fingerprint density at radius 3 is 2.29 bits per heavy atom. The summed E-state index contributed by atoms with van der Waals surface area (Å²) in [5.74, 6) is 0.676. The lowest BCUT2D eigenvalue weighted by atomic mass is 10.2. The first-order chi connectivity index (χ1) is 12.9. The molecule has 1 aliphatic rings. The number of halogens is 3. The Hall–Kier alpha value is -1.26. The minimum Gasteiger partial charge on any atom is -0.357 e. The molecule has 28 heavy (non-hydrogen) atoms. The first kappa shape index (κ1) is 24.8. The number of hydrogen-bond donors (Lipinski definition) is 2. The maximum Gasteiger partial charge on any atom is 0.251 e. The number of carbonyl (C=O) groups is 2. The summed E-state index contributed by atoms with van der Waals surface area (Å²) < 4.78 is 0. The number of nitrogens with zero attached hydrogens (tertiary/aromatic N) is 3. The van der Waals surface area contributed by atoms with Crippen molar-refractivity contribution in [1.82, 2.24) is 20.4 Å². The molecule has 2 rings (SSSR count). The first-order valence-corrected chi connectivity index (χ1v) is 9.70. The van der Waals surface area contributed by atoms with Crippen molar-refractivity contribution >= 4 is 65.0 Å². The van der Waals surface area contributed by atoms with Crippen molar-refractivity contribution in [3.63, 3.8) is 0 Å². The van der Waals surface area contributed by atoms with E-state index >= 15 is 0 Å². The van der Waals surface area contributed by atoms with Gasteiger partial charge in [-0.15, -0.1) is 24.0 Å². The van der Waals surface area contributed by atoms with Crippen LogP contribution in [0.3, 0.4) is 0 Å². The van der Waals surface area contributed by atoms with Crippen molar-refractivity contribution in [2.75, 3.05) is 45.8 Å². The highest BCUT2D eigenvalue weighted by Crippen LogP contribution is 2.22. The standard InChI is InChI=1S/C18H25Cl2N5O2.HI/c1-3-21-18(25-10-8-24(9-11-25)13(2)26)23-7-6-22-17(27)14-4-5-15(19)16(20)12-14;/h4-5,12H,3,6-11H2,1-2H3,(H,21,23)(H,22,27);1H. The van der Waals surface area contributed by atoms with Crippen LogP contribution in [0, 0.1) is 0 Å². The average Bonchev–Trinajstić information content (AvgIpc) is 2.66. The van der Waals surface area contributed by atoms with Crippen LogP contribution >= 0.6 is 47.2 Å². The predicted octanol–water partition coefficient (Wildman–Crippen LogP) is 2.47. The second-order valence-electron chi connectivity index (χ2n) is 6.11. The molecule has 156 valence electrons. The van der Waals surface area contributed by atoms with Gasteiger partial charge >= 0.3 is 0 Å². The van der Waals surface area contributed by atoms with Crippen LogP contribution in [0.1, 0.15) is 24.2 Å². The molecule has 1 saturated heterocycles. The number of piperazine rings is 1. The number of hydrogen-bond acceptors (Lipinski definition) is 3. The van der Waals surface area contributed by atoms with Gasteiger partial charge < -0.3 is 20.4 Å². The predicted molar refractivity (Wildman–Crippen MR) is 124 cm³/mol. The number of amides is 2. The van der Waals surface area contributed by atoms with Crippen LogP contribution in [0.25, 0.3) is 0 Å². The molecule has 1 heterocycles. The second kappa shape index (κ2) is 12.3. The Balaban J connectivity index is 0.00000392. The van der Waals surface area contributed by atoms with Crippen molar-refractivity contribution in [2.24, 2.45) is 4.99 Å². The number of carbonyl (C=O) groups excluding carboxylic acids is 2. The fraction of sp³-hybridized carbons (Fsp3) is 0.500. The Morgan fingerprint density at radius 1 is 1.07 bits per heavy atom. The van der Waals surface area contributed by atoms with E-state index in [1.165, 1.54) is 0 Å². The summed E-state index contributed by atoms with van der Waals surface area (Å²) in [6, 6.07) is 4.77. The normalized spacial score (nSPS) is 14.4. The number of aliphatic imine (C=N–C) groups is 1. The van der Waals surface area contributed by atoms with Gasteiger partial charge in [-0.05, 0) is 25.1 Å². The van der Waals surface area contributed by atoms with Crippen LogP contribution in [0.5, 0.6) is 0 Å². The van der Waals surface area contributed by atoms with Crippen LogP contribution in [0.2, 0.25) is 10.0 Å². The van der Waals surface area contributed by atoms with E-state index < -0.39 is 0 Å². The summed E-state index contributed by atoms with van der Waals surface area (Å²) in [5.41, 5.74) is 0.459. The van der Waals surface area contributed by atoms with Crippen molar-refractivity contribution in [3.8, 4) is 0 Å². The lowest BCUT2D eigenvalue weighted by Gasteiger charge is -2.36. The topological polar surface area (TPSA) is 77.0 Å². The van der Waals surface area contributed by atoms with Crippen molar-refractivity contribution in [3.05, 3.63) is 33.8 Å². The van der Waals surface area contributed by atoms with Gasteiger partial charge in [-0.25, -0.2) is 0 Å².